The number of carbonyl (C=O) groups excluding carboxylic acids is 1. The normalized spacial score (nSPS) is 15.1. The summed E-state index contributed by atoms with van der Waals surface area (Å²) in [7, 11) is 0. The molecule has 0 fully saturated rings. The van der Waals surface area contributed by atoms with Gasteiger partial charge in [0.1, 0.15) is 5.58 Å². The van der Waals surface area contributed by atoms with Crippen LogP contribution < -0.4 is 10.2 Å². The highest BCUT2D eigenvalue weighted by atomic mass is 79.9. The molecule has 20 heavy (non-hydrogen) atoms. The second-order valence-electron chi connectivity index (χ2n) is 5.02. The summed E-state index contributed by atoms with van der Waals surface area (Å²) in [6, 6.07) is 5.86. The maximum atomic E-state index is 12.1. The number of unbranched alkanes of at least 4 members (excludes halogenated alkanes) is 1. The van der Waals surface area contributed by atoms with Crippen LogP contribution in [0.5, 0.6) is 0 Å². The lowest BCUT2D eigenvalue weighted by molar-refractivity contribution is 0.0933. The Labute approximate surface area is 126 Å². The first-order valence-corrected chi connectivity index (χ1v) is 7.75. The molecular formula is C15H17BrN2O2. The first kappa shape index (κ1) is 13.5. The SMILES string of the molecule is CCCCN1CCNC(=O)c2oc3ccc(Br)cc3c21. The highest BCUT2D eigenvalue weighted by molar-refractivity contribution is 9.10. The molecule has 0 radical (unpaired) electrons. The van der Waals surface area contributed by atoms with Gasteiger partial charge in [-0.3, -0.25) is 4.79 Å². The molecule has 4 nitrogen and oxygen atoms in total. The number of hydrogen-bond acceptors (Lipinski definition) is 3. The van der Waals surface area contributed by atoms with Gasteiger partial charge in [-0.25, -0.2) is 0 Å². The van der Waals surface area contributed by atoms with Crippen molar-refractivity contribution in [1.29, 1.82) is 0 Å². The lowest BCUT2D eigenvalue weighted by Crippen LogP contribution is -2.30. The molecule has 106 valence electrons. The number of amides is 1. The standard InChI is InChI=1S/C15H17BrN2O2/c1-2-3-7-18-8-6-17-15(19)14-13(18)11-9-10(16)4-5-12(11)20-14/h4-5,9H,2-3,6-8H2,1H3,(H,17,19). The quantitative estimate of drug-likeness (QED) is 0.932. The van der Waals surface area contributed by atoms with Crippen molar-refractivity contribution in [2.45, 2.75) is 19.8 Å². The molecule has 0 saturated heterocycles. The molecule has 3 rings (SSSR count). The van der Waals surface area contributed by atoms with Gasteiger partial charge in [0.25, 0.3) is 5.91 Å². The highest BCUT2D eigenvalue weighted by Crippen LogP contribution is 2.36. The van der Waals surface area contributed by atoms with E-state index in [1.165, 1.54) is 0 Å². The smallest absolute Gasteiger partial charge is 0.289 e. The minimum atomic E-state index is -0.119. The number of furan rings is 1. The molecule has 1 aromatic carbocycles. The summed E-state index contributed by atoms with van der Waals surface area (Å²) in [5, 5.41) is 3.90. The Morgan fingerprint density at radius 2 is 2.30 bits per heavy atom. The maximum absolute atomic E-state index is 12.1. The molecule has 2 aromatic rings. The van der Waals surface area contributed by atoms with Crippen LogP contribution in [0.2, 0.25) is 0 Å². The molecule has 1 N–H and O–H groups in total. The Bertz CT molecular complexity index is 651. The average Bonchev–Trinajstić information content (AvgIpc) is 2.73. The summed E-state index contributed by atoms with van der Waals surface area (Å²) < 4.78 is 6.77. The summed E-state index contributed by atoms with van der Waals surface area (Å²) in [5.74, 6) is 0.318. The van der Waals surface area contributed by atoms with E-state index in [0.29, 0.717) is 12.3 Å². The van der Waals surface area contributed by atoms with Crippen LogP contribution >= 0.6 is 15.9 Å². The van der Waals surface area contributed by atoms with Crippen LogP contribution in [0.4, 0.5) is 5.69 Å². The van der Waals surface area contributed by atoms with Crippen molar-refractivity contribution >= 4 is 38.5 Å². The van der Waals surface area contributed by atoms with Crippen molar-refractivity contribution < 1.29 is 9.21 Å². The zero-order chi connectivity index (χ0) is 14.1. The fraction of sp³-hybridized carbons (Fsp3) is 0.400. The number of nitrogens with one attached hydrogen (secondary N) is 1. The minimum absolute atomic E-state index is 0.119. The van der Waals surface area contributed by atoms with Crippen LogP contribution in [0, 0.1) is 0 Å². The fourth-order valence-electron chi connectivity index (χ4n) is 2.59. The molecule has 0 unspecified atom stereocenters. The van der Waals surface area contributed by atoms with Crippen molar-refractivity contribution in [3.63, 3.8) is 0 Å². The van der Waals surface area contributed by atoms with E-state index in [1.807, 2.05) is 18.2 Å². The van der Waals surface area contributed by atoms with E-state index in [1.54, 1.807) is 0 Å². The van der Waals surface area contributed by atoms with Crippen LogP contribution in [-0.2, 0) is 0 Å². The van der Waals surface area contributed by atoms with Crippen molar-refractivity contribution in [3.05, 3.63) is 28.4 Å². The lowest BCUT2D eigenvalue weighted by Gasteiger charge is -2.22. The van der Waals surface area contributed by atoms with Gasteiger partial charge in [0.05, 0.1) is 5.69 Å². The fourth-order valence-corrected chi connectivity index (χ4v) is 2.95. The lowest BCUT2D eigenvalue weighted by atomic mass is 10.2. The first-order valence-electron chi connectivity index (χ1n) is 6.96. The number of benzene rings is 1. The van der Waals surface area contributed by atoms with Crippen molar-refractivity contribution in [2.75, 3.05) is 24.5 Å². The van der Waals surface area contributed by atoms with Crippen molar-refractivity contribution in [3.8, 4) is 0 Å². The van der Waals surface area contributed by atoms with E-state index in [4.69, 9.17) is 4.42 Å². The van der Waals surface area contributed by atoms with E-state index in [9.17, 15) is 4.79 Å². The van der Waals surface area contributed by atoms with Gasteiger partial charge in [-0.1, -0.05) is 29.3 Å². The first-order chi connectivity index (χ1) is 9.70. The van der Waals surface area contributed by atoms with E-state index < -0.39 is 0 Å². The Kier molecular flexibility index (Phi) is 3.70. The van der Waals surface area contributed by atoms with Crippen LogP contribution in [0.3, 0.4) is 0 Å². The Hall–Kier alpha value is -1.49. The molecule has 0 saturated carbocycles. The Morgan fingerprint density at radius 1 is 1.45 bits per heavy atom. The topological polar surface area (TPSA) is 45.5 Å². The summed E-state index contributed by atoms with van der Waals surface area (Å²) in [6.07, 6.45) is 2.24. The van der Waals surface area contributed by atoms with Crippen molar-refractivity contribution in [2.24, 2.45) is 0 Å². The monoisotopic (exact) mass is 336 g/mol. The average molecular weight is 337 g/mol. The minimum Gasteiger partial charge on any atom is -0.449 e. The van der Waals surface area contributed by atoms with E-state index in [0.717, 1.165) is 47.1 Å². The molecule has 0 atom stereocenters. The number of halogens is 1. The second kappa shape index (κ2) is 5.48. The van der Waals surface area contributed by atoms with Crippen LogP contribution in [0.15, 0.2) is 27.1 Å². The van der Waals surface area contributed by atoms with Gasteiger partial charge >= 0.3 is 0 Å². The van der Waals surface area contributed by atoms with Gasteiger partial charge in [-0.05, 0) is 24.6 Å². The van der Waals surface area contributed by atoms with Crippen LogP contribution in [0.1, 0.15) is 30.3 Å². The van der Waals surface area contributed by atoms with Gasteiger partial charge in [0, 0.05) is 29.5 Å². The Balaban J connectivity index is 2.15. The predicted molar refractivity (Wildman–Crippen MR) is 83.4 cm³/mol. The van der Waals surface area contributed by atoms with Crippen LogP contribution in [-0.4, -0.2) is 25.5 Å². The van der Waals surface area contributed by atoms with Crippen LogP contribution in [0.25, 0.3) is 11.0 Å². The van der Waals surface area contributed by atoms with Gasteiger partial charge in [0.15, 0.2) is 0 Å². The number of nitrogens with zero attached hydrogens (tertiary/aromatic N) is 1. The summed E-state index contributed by atoms with van der Waals surface area (Å²) >= 11 is 3.49. The third kappa shape index (κ3) is 2.30. The van der Waals surface area contributed by atoms with Gasteiger partial charge in [-0.2, -0.15) is 0 Å². The largest absolute Gasteiger partial charge is 0.449 e. The zero-order valence-corrected chi connectivity index (χ0v) is 13.0. The van der Waals surface area contributed by atoms with E-state index in [2.05, 4.69) is 33.1 Å². The molecule has 1 aromatic heterocycles. The predicted octanol–water partition coefficient (Wildman–Crippen LogP) is 3.55. The number of rotatable bonds is 3. The number of anilines is 1. The molecule has 2 heterocycles. The third-order valence-corrected chi connectivity index (χ3v) is 4.09. The van der Waals surface area contributed by atoms with Gasteiger partial charge < -0.3 is 14.6 Å². The molecule has 0 spiro atoms. The van der Waals surface area contributed by atoms with E-state index in [-0.39, 0.29) is 5.91 Å². The summed E-state index contributed by atoms with van der Waals surface area (Å²) in [4.78, 5) is 14.4. The second-order valence-corrected chi connectivity index (χ2v) is 5.93. The highest BCUT2D eigenvalue weighted by Gasteiger charge is 2.27. The maximum Gasteiger partial charge on any atom is 0.289 e. The molecular weight excluding hydrogens is 320 g/mol. The van der Waals surface area contributed by atoms with Gasteiger partial charge in [-0.15, -0.1) is 0 Å². The Morgan fingerprint density at radius 3 is 3.10 bits per heavy atom. The van der Waals surface area contributed by atoms with Crippen molar-refractivity contribution in [1.82, 2.24) is 5.32 Å². The molecule has 1 amide bonds. The molecule has 1 aliphatic rings. The van der Waals surface area contributed by atoms with Gasteiger partial charge in [0.2, 0.25) is 5.76 Å². The molecule has 0 bridgehead atoms. The molecule has 0 aliphatic carbocycles. The molecule has 5 heteroatoms. The third-order valence-electron chi connectivity index (χ3n) is 3.60. The molecule has 1 aliphatic heterocycles. The number of hydrogen-bond donors (Lipinski definition) is 1. The summed E-state index contributed by atoms with van der Waals surface area (Å²) in [6.45, 7) is 4.59. The number of fused-ring (bicyclic) bond motifs is 3. The zero-order valence-electron chi connectivity index (χ0n) is 11.4. The number of carbonyl (C=O) groups is 1. The summed E-state index contributed by atoms with van der Waals surface area (Å²) in [5.41, 5.74) is 1.70. The van der Waals surface area contributed by atoms with E-state index >= 15 is 0 Å².